The summed E-state index contributed by atoms with van der Waals surface area (Å²) in [5, 5.41) is 4.29. The number of nitrogens with one attached hydrogen (secondary N) is 1. The third-order valence-electron chi connectivity index (χ3n) is 3.88. The molecule has 1 aliphatic heterocycles. The van der Waals surface area contributed by atoms with Crippen LogP contribution in [0.1, 0.15) is 43.0 Å². The molecule has 0 saturated carbocycles. The number of hydrogen-bond acceptors (Lipinski definition) is 3. The molecule has 1 fully saturated rings. The number of rotatable bonds is 6. The van der Waals surface area contributed by atoms with Gasteiger partial charge in [-0.05, 0) is 39.3 Å². The average molecular weight is 293 g/mol. The summed E-state index contributed by atoms with van der Waals surface area (Å²) in [6.45, 7) is 10.7. The van der Waals surface area contributed by atoms with E-state index in [0.717, 1.165) is 18.9 Å². The van der Waals surface area contributed by atoms with Crippen molar-refractivity contribution >= 4 is 11.8 Å². The standard InChI is InChI=1S/C17H27NOS/c1-5-18-16(11-20-17-6-7-19-14(17)4)15-9-12(2)8-13(3)10-15/h8-10,14,16-18H,5-7,11H2,1-4H3. The maximum atomic E-state index is 5.66. The van der Waals surface area contributed by atoms with Crippen LogP contribution in [0.15, 0.2) is 18.2 Å². The van der Waals surface area contributed by atoms with E-state index in [1.807, 2.05) is 0 Å². The van der Waals surface area contributed by atoms with Crippen LogP contribution in [0.25, 0.3) is 0 Å². The Morgan fingerprint density at radius 3 is 2.55 bits per heavy atom. The van der Waals surface area contributed by atoms with Crippen LogP contribution in [0.2, 0.25) is 0 Å². The van der Waals surface area contributed by atoms with E-state index in [1.165, 1.54) is 23.1 Å². The summed E-state index contributed by atoms with van der Waals surface area (Å²) in [6, 6.07) is 7.31. The molecular formula is C17H27NOS. The van der Waals surface area contributed by atoms with Gasteiger partial charge >= 0.3 is 0 Å². The molecule has 1 heterocycles. The van der Waals surface area contributed by atoms with E-state index in [1.54, 1.807) is 0 Å². The SMILES string of the molecule is CCNC(CSC1CCOC1C)c1cc(C)cc(C)c1. The van der Waals surface area contributed by atoms with Gasteiger partial charge in [0.15, 0.2) is 0 Å². The average Bonchev–Trinajstić information content (AvgIpc) is 2.79. The zero-order chi connectivity index (χ0) is 14.5. The lowest BCUT2D eigenvalue weighted by Crippen LogP contribution is -2.25. The Morgan fingerprint density at radius 1 is 1.30 bits per heavy atom. The van der Waals surface area contributed by atoms with Crippen LogP contribution in [-0.2, 0) is 4.74 Å². The van der Waals surface area contributed by atoms with Crippen molar-refractivity contribution in [2.24, 2.45) is 0 Å². The highest BCUT2D eigenvalue weighted by molar-refractivity contribution is 8.00. The highest BCUT2D eigenvalue weighted by Crippen LogP contribution is 2.30. The molecule has 0 aromatic heterocycles. The minimum atomic E-state index is 0.404. The van der Waals surface area contributed by atoms with E-state index < -0.39 is 0 Å². The van der Waals surface area contributed by atoms with Crippen LogP contribution in [-0.4, -0.2) is 30.3 Å². The van der Waals surface area contributed by atoms with E-state index in [0.29, 0.717) is 17.4 Å². The van der Waals surface area contributed by atoms with Crippen molar-refractivity contribution in [3.8, 4) is 0 Å². The van der Waals surface area contributed by atoms with Crippen LogP contribution < -0.4 is 5.32 Å². The molecule has 2 nitrogen and oxygen atoms in total. The van der Waals surface area contributed by atoms with Gasteiger partial charge in [0, 0.05) is 23.7 Å². The Kier molecular flexibility index (Phi) is 5.94. The fraction of sp³-hybridized carbons (Fsp3) is 0.647. The van der Waals surface area contributed by atoms with Crippen molar-refractivity contribution in [2.75, 3.05) is 18.9 Å². The number of hydrogen-bond donors (Lipinski definition) is 1. The second kappa shape index (κ2) is 7.48. The van der Waals surface area contributed by atoms with Gasteiger partial charge in [0.1, 0.15) is 0 Å². The van der Waals surface area contributed by atoms with Crippen molar-refractivity contribution in [1.29, 1.82) is 0 Å². The second-order valence-electron chi connectivity index (χ2n) is 5.77. The summed E-state index contributed by atoms with van der Waals surface area (Å²) in [5.41, 5.74) is 4.12. The first-order valence-corrected chi connectivity index (χ1v) is 8.69. The largest absolute Gasteiger partial charge is 0.377 e. The summed E-state index contributed by atoms with van der Waals surface area (Å²) >= 11 is 2.06. The maximum Gasteiger partial charge on any atom is 0.0666 e. The van der Waals surface area contributed by atoms with Crippen molar-refractivity contribution in [3.05, 3.63) is 34.9 Å². The van der Waals surface area contributed by atoms with Crippen molar-refractivity contribution in [2.45, 2.75) is 51.5 Å². The molecule has 3 atom stereocenters. The zero-order valence-electron chi connectivity index (χ0n) is 13.1. The summed E-state index contributed by atoms with van der Waals surface area (Å²) in [4.78, 5) is 0. The lowest BCUT2D eigenvalue weighted by Gasteiger charge is -2.22. The molecule has 0 amide bonds. The topological polar surface area (TPSA) is 21.3 Å². The van der Waals surface area contributed by atoms with Gasteiger partial charge in [0.05, 0.1) is 6.10 Å². The molecule has 0 bridgehead atoms. The van der Waals surface area contributed by atoms with Crippen LogP contribution in [0, 0.1) is 13.8 Å². The fourth-order valence-electron chi connectivity index (χ4n) is 2.88. The molecule has 1 aliphatic rings. The van der Waals surface area contributed by atoms with Crippen molar-refractivity contribution in [3.63, 3.8) is 0 Å². The summed E-state index contributed by atoms with van der Waals surface area (Å²) < 4.78 is 5.66. The van der Waals surface area contributed by atoms with Gasteiger partial charge in [0.25, 0.3) is 0 Å². The second-order valence-corrected chi connectivity index (χ2v) is 7.04. The molecule has 3 heteroatoms. The molecule has 1 saturated heterocycles. The van der Waals surface area contributed by atoms with Crippen LogP contribution in [0.5, 0.6) is 0 Å². The van der Waals surface area contributed by atoms with Gasteiger partial charge in [-0.15, -0.1) is 0 Å². The van der Waals surface area contributed by atoms with Gasteiger partial charge in [-0.25, -0.2) is 0 Å². The van der Waals surface area contributed by atoms with Crippen LogP contribution >= 0.6 is 11.8 Å². The maximum absolute atomic E-state index is 5.66. The monoisotopic (exact) mass is 293 g/mol. The molecular weight excluding hydrogens is 266 g/mol. The van der Waals surface area contributed by atoms with E-state index in [-0.39, 0.29) is 0 Å². The van der Waals surface area contributed by atoms with Gasteiger partial charge in [-0.1, -0.05) is 36.2 Å². The number of benzene rings is 1. The summed E-state index contributed by atoms with van der Waals surface area (Å²) in [5.74, 6) is 1.12. The predicted molar refractivity (Wildman–Crippen MR) is 88.6 cm³/mol. The quantitative estimate of drug-likeness (QED) is 0.860. The molecule has 1 N–H and O–H groups in total. The molecule has 20 heavy (non-hydrogen) atoms. The van der Waals surface area contributed by atoms with Crippen LogP contribution in [0.4, 0.5) is 0 Å². The van der Waals surface area contributed by atoms with Gasteiger partial charge in [-0.2, -0.15) is 11.8 Å². The van der Waals surface area contributed by atoms with Crippen molar-refractivity contribution < 1.29 is 4.74 Å². The third kappa shape index (κ3) is 4.24. The molecule has 0 radical (unpaired) electrons. The van der Waals surface area contributed by atoms with E-state index in [4.69, 9.17) is 4.74 Å². The lowest BCUT2D eigenvalue weighted by atomic mass is 10.0. The molecule has 1 aromatic carbocycles. The zero-order valence-corrected chi connectivity index (χ0v) is 13.9. The highest BCUT2D eigenvalue weighted by Gasteiger charge is 2.25. The Balaban J connectivity index is 2.02. The first kappa shape index (κ1) is 15.9. The van der Waals surface area contributed by atoms with E-state index >= 15 is 0 Å². The number of ether oxygens (including phenoxy) is 1. The summed E-state index contributed by atoms with van der Waals surface area (Å²) in [6.07, 6.45) is 1.60. The Hall–Kier alpha value is -0.510. The highest BCUT2D eigenvalue weighted by atomic mass is 32.2. The van der Waals surface area contributed by atoms with Gasteiger partial charge in [-0.3, -0.25) is 0 Å². The molecule has 0 aliphatic carbocycles. The molecule has 3 unspecified atom stereocenters. The Labute approximate surface area is 127 Å². The van der Waals surface area contributed by atoms with Gasteiger partial charge < -0.3 is 10.1 Å². The molecule has 112 valence electrons. The first-order valence-electron chi connectivity index (χ1n) is 7.65. The summed E-state index contributed by atoms with van der Waals surface area (Å²) in [7, 11) is 0. The Morgan fingerprint density at radius 2 is 2.00 bits per heavy atom. The fourth-order valence-corrected chi connectivity index (χ4v) is 4.24. The number of aryl methyl sites for hydroxylation is 2. The first-order chi connectivity index (χ1) is 9.60. The van der Waals surface area contributed by atoms with E-state index in [9.17, 15) is 0 Å². The third-order valence-corrected chi connectivity index (χ3v) is 5.45. The van der Waals surface area contributed by atoms with Crippen molar-refractivity contribution in [1.82, 2.24) is 5.32 Å². The molecule has 0 spiro atoms. The van der Waals surface area contributed by atoms with Crippen LogP contribution in [0.3, 0.4) is 0 Å². The minimum absolute atomic E-state index is 0.404. The van der Waals surface area contributed by atoms with E-state index in [2.05, 4.69) is 63.0 Å². The number of thioether (sulfide) groups is 1. The van der Waals surface area contributed by atoms with Gasteiger partial charge in [0.2, 0.25) is 0 Å². The Bertz CT molecular complexity index is 415. The lowest BCUT2D eigenvalue weighted by molar-refractivity contribution is 0.127. The molecule has 2 rings (SSSR count). The molecule has 1 aromatic rings. The minimum Gasteiger partial charge on any atom is -0.377 e. The predicted octanol–water partition coefficient (Wildman–Crippen LogP) is 3.86. The normalized spacial score (nSPS) is 24.0. The smallest absolute Gasteiger partial charge is 0.0666 e.